The molecule has 0 amide bonds. The van der Waals surface area contributed by atoms with Crippen LogP contribution in [-0.2, 0) is 14.8 Å². The number of anilines is 1. The molecule has 102 valence electrons. The molecule has 0 saturated heterocycles. The fourth-order valence-electron chi connectivity index (χ4n) is 1.60. The molecule has 0 aliphatic carbocycles. The third kappa shape index (κ3) is 3.69. The molecule has 1 aromatic rings. The maximum absolute atomic E-state index is 12.1. The maximum Gasteiger partial charge on any atom is 0.240 e. The number of nitrogens with one attached hydrogen (secondary N) is 1. The van der Waals surface area contributed by atoms with Crippen molar-refractivity contribution in [2.45, 2.75) is 25.7 Å². The molecule has 0 aliphatic rings. The van der Waals surface area contributed by atoms with Crippen LogP contribution in [0.4, 0.5) is 5.69 Å². The second kappa shape index (κ2) is 6.17. The quantitative estimate of drug-likeness (QED) is 0.602. The zero-order valence-electron chi connectivity index (χ0n) is 11.0. The minimum absolute atomic E-state index is 0.233. The highest BCUT2D eigenvalue weighted by atomic mass is 32.2. The average molecular weight is 272 g/mol. The van der Waals surface area contributed by atoms with Gasteiger partial charge in [0.2, 0.25) is 10.0 Å². The lowest BCUT2D eigenvalue weighted by Crippen LogP contribution is -2.28. The Kier molecular flexibility index (Phi) is 5.13. The molecular weight excluding hydrogens is 252 g/mol. The van der Waals surface area contributed by atoms with Gasteiger partial charge in [0.15, 0.2) is 0 Å². The largest absolute Gasteiger partial charge is 0.398 e. The molecule has 18 heavy (non-hydrogen) atoms. The summed E-state index contributed by atoms with van der Waals surface area (Å²) < 4.78 is 31.8. The summed E-state index contributed by atoms with van der Waals surface area (Å²) in [5.41, 5.74) is 7.66. The summed E-state index contributed by atoms with van der Waals surface area (Å²) in [4.78, 5) is 0.233. The van der Waals surface area contributed by atoms with E-state index in [4.69, 9.17) is 10.5 Å². The smallest absolute Gasteiger partial charge is 0.240 e. The Morgan fingerprint density at radius 3 is 2.61 bits per heavy atom. The van der Waals surface area contributed by atoms with E-state index in [1.807, 2.05) is 13.8 Å². The number of hydrogen-bond donors (Lipinski definition) is 2. The molecule has 0 heterocycles. The molecule has 0 unspecified atom stereocenters. The van der Waals surface area contributed by atoms with Gasteiger partial charge in [-0.2, -0.15) is 0 Å². The summed E-state index contributed by atoms with van der Waals surface area (Å²) in [7, 11) is -3.53. The van der Waals surface area contributed by atoms with Gasteiger partial charge in [-0.1, -0.05) is 0 Å². The van der Waals surface area contributed by atoms with Crippen molar-refractivity contribution < 1.29 is 13.2 Å². The van der Waals surface area contributed by atoms with Crippen molar-refractivity contribution in [1.29, 1.82) is 0 Å². The Balaban J connectivity index is 2.91. The summed E-state index contributed by atoms with van der Waals surface area (Å²) >= 11 is 0. The third-order valence-corrected chi connectivity index (χ3v) is 4.16. The number of nitrogens with two attached hydrogens (primary N) is 1. The van der Waals surface area contributed by atoms with Crippen molar-refractivity contribution >= 4 is 15.7 Å². The molecule has 0 aliphatic heterocycles. The van der Waals surface area contributed by atoms with Gasteiger partial charge in [-0.15, -0.1) is 0 Å². The van der Waals surface area contributed by atoms with Crippen LogP contribution in [0.2, 0.25) is 0 Å². The SMILES string of the molecule is CCOCCNS(=O)(=O)c1cc(C)cc(N)c1C. The second-order valence-electron chi connectivity index (χ2n) is 4.07. The molecule has 0 saturated carbocycles. The van der Waals surface area contributed by atoms with Crippen molar-refractivity contribution in [1.82, 2.24) is 4.72 Å². The molecule has 3 N–H and O–H groups in total. The van der Waals surface area contributed by atoms with Crippen LogP contribution in [0.3, 0.4) is 0 Å². The first-order chi connectivity index (χ1) is 8.38. The van der Waals surface area contributed by atoms with Gasteiger partial charge in [0.05, 0.1) is 11.5 Å². The molecule has 1 aromatic carbocycles. The lowest BCUT2D eigenvalue weighted by Gasteiger charge is -2.12. The first kappa shape index (κ1) is 14.9. The monoisotopic (exact) mass is 272 g/mol. The first-order valence-corrected chi connectivity index (χ1v) is 7.31. The summed E-state index contributed by atoms with van der Waals surface area (Å²) in [5.74, 6) is 0. The zero-order valence-corrected chi connectivity index (χ0v) is 11.8. The van der Waals surface area contributed by atoms with E-state index in [0.717, 1.165) is 5.56 Å². The number of sulfonamides is 1. The Morgan fingerprint density at radius 1 is 1.33 bits per heavy atom. The maximum atomic E-state index is 12.1. The number of ether oxygens (including phenoxy) is 1. The summed E-state index contributed by atoms with van der Waals surface area (Å²) in [6, 6.07) is 3.38. The van der Waals surface area contributed by atoms with Gasteiger partial charge in [0, 0.05) is 18.8 Å². The predicted octanol–water partition coefficient (Wildman–Crippen LogP) is 1.20. The van der Waals surface area contributed by atoms with Crippen molar-refractivity contribution in [3.63, 3.8) is 0 Å². The Hall–Kier alpha value is -1.11. The van der Waals surface area contributed by atoms with Crippen LogP contribution < -0.4 is 10.5 Å². The molecule has 0 radical (unpaired) electrons. The minimum atomic E-state index is -3.53. The number of nitrogen functional groups attached to an aromatic ring is 1. The molecule has 0 bridgehead atoms. The van der Waals surface area contributed by atoms with Gasteiger partial charge in [-0.05, 0) is 44.0 Å². The predicted molar refractivity (Wildman–Crippen MR) is 72.0 cm³/mol. The topological polar surface area (TPSA) is 81.4 Å². The molecule has 0 spiro atoms. The van der Waals surface area contributed by atoms with Crippen LogP contribution in [0.15, 0.2) is 17.0 Å². The molecule has 0 aromatic heterocycles. The molecule has 5 nitrogen and oxygen atoms in total. The van der Waals surface area contributed by atoms with Crippen molar-refractivity contribution in [3.8, 4) is 0 Å². The van der Waals surface area contributed by atoms with E-state index in [2.05, 4.69) is 4.72 Å². The van der Waals surface area contributed by atoms with Crippen LogP contribution in [-0.4, -0.2) is 28.2 Å². The first-order valence-electron chi connectivity index (χ1n) is 5.82. The van der Waals surface area contributed by atoms with Gasteiger partial charge in [0.1, 0.15) is 0 Å². The van der Waals surface area contributed by atoms with Crippen molar-refractivity contribution in [2.24, 2.45) is 0 Å². The number of rotatable bonds is 6. The summed E-state index contributed by atoms with van der Waals surface area (Å²) in [6.07, 6.45) is 0. The van der Waals surface area contributed by atoms with Crippen LogP contribution in [0.25, 0.3) is 0 Å². The molecule has 1 rings (SSSR count). The molecular formula is C12H20N2O3S. The van der Waals surface area contributed by atoms with Crippen molar-refractivity contribution in [3.05, 3.63) is 23.3 Å². The van der Waals surface area contributed by atoms with E-state index in [1.54, 1.807) is 19.1 Å². The lowest BCUT2D eigenvalue weighted by atomic mass is 10.1. The van der Waals surface area contributed by atoms with Gasteiger partial charge in [-0.3, -0.25) is 0 Å². The Morgan fingerprint density at radius 2 is 2.00 bits per heavy atom. The van der Waals surface area contributed by atoms with E-state index < -0.39 is 10.0 Å². The van der Waals surface area contributed by atoms with Gasteiger partial charge in [-0.25, -0.2) is 13.1 Å². The minimum Gasteiger partial charge on any atom is -0.398 e. The highest BCUT2D eigenvalue weighted by Gasteiger charge is 2.18. The van der Waals surface area contributed by atoms with Crippen LogP contribution >= 0.6 is 0 Å². The fraction of sp³-hybridized carbons (Fsp3) is 0.500. The van der Waals surface area contributed by atoms with Gasteiger partial charge >= 0.3 is 0 Å². The standard InChI is InChI=1S/C12H20N2O3S/c1-4-17-6-5-14-18(15,16)12-8-9(2)7-11(13)10(12)3/h7-8,14H,4-6,13H2,1-3H3. The zero-order chi connectivity index (χ0) is 13.8. The lowest BCUT2D eigenvalue weighted by molar-refractivity contribution is 0.153. The van der Waals surface area contributed by atoms with E-state index in [-0.39, 0.29) is 11.4 Å². The van der Waals surface area contributed by atoms with Gasteiger partial charge in [0.25, 0.3) is 0 Å². The highest BCUT2D eigenvalue weighted by molar-refractivity contribution is 7.89. The van der Waals surface area contributed by atoms with E-state index in [9.17, 15) is 8.42 Å². The van der Waals surface area contributed by atoms with Gasteiger partial charge < -0.3 is 10.5 Å². The summed E-state index contributed by atoms with van der Waals surface area (Å²) in [5, 5.41) is 0. The normalized spacial score (nSPS) is 11.7. The third-order valence-electron chi connectivity index (χ3n) is 2.58. The van der Waals surface area contributed by atoms with E-state index >= 15 is 0 Å². The molecule has 0 fully saturated rings. The van der Waals surface area contributed by atoms with Crippen LogP contribution in [0, 0.1) is 13.8 Å². The molecule has 0 atom stereocenters. The average Bonchev–Trinajstić information content (AvgIpc) is 2.29. The van der Waals surface area contributed by atoms with Crippen molar-refractivity contribution in [2.75, 3.05) is 25.5 Å². The highest BCUT2D eigenvalue weighted by Crippen LogP contribution is 2.22. The van der Waals surface area contributed by atoms with Crippen LogP contribution in [0.1, 0.15) is 18.1 Å². The second-order valence-corrected chi connectivity index (χ2v) is 5.81. The number of aryl methyl sites for hydroxylation is 1. The Bertz CT molecular complexity index is 512. The fourth-order valence-corrected chi connectivity index (χ4v) is 2.97. The van der Waals surface area contributed by atoms with Crippen LogP contribution in [0.5, 0.6) is 0 Å². The number of hydrogen-bond acceptors (Lipinski definition) is 4. The summed E-state index contributed by atoms with van der Waals surface area (Å²) in [6.45, 7) is 6.55. The Labute approximate surface area is 108 Å². The molecule has 6 heteroatoms. The van der Waals surface area contributed by atoms with E-state index in [0.29, 0.717) is 24.5 Å². The van der Waals surface area contributed by atoms with E-state index in [1.165, 1.54) is 0 Å². The number of benzene rings is 1.